The molecule has 3 aliphatic rings. The number of hydrogen-bond donors (Lipinski definition) is 19. The minimum Gasteiger partial charge on any atom is -0.481 e. The topological polar surface area (TPSA) is 692 Å². The van der Waals surface area contributed by atoms with Gasteiger partial charge >= 0.3 is 11.9 Å². The molecule has 756 valence electrons. The lowest BCUT2D eigenvalue weighted by Crippen LogP contribution is -2.61. The van der Waals surface area contributed by atoms with Crippen LogP contribution < -0.4 is 81.4 Å². The van der Waals surface area contributed by atoms with Crippen LogP contribution in [0.15, 0.2) is 85.2 Å². The number of nitrogens with two attached hydrogens (primary N) is 4. The van der Waals surface area contributed by atoms with Crippen LogP contribution in [-0.4, -0.2) is 318 Å². The first-order valence-corrected chi connectivity index (χ1v) is 46.0. The maximum absolute atomic E-state index is 16.0. The van der Waals surface area contributed by atoms with Gasteiger partial charge in [0.15, 0.2) is 0 Å². The van der Waals surface area contributed by atoms with Gasteiger partial charge < -0.3 is 131 Å². The number of aliphatic hydroxyl groups excluding tert-OH is 1. The van der Waals surface area contributed by atoms with Gasteiger partial charge in [0.25, 0.3) is 0 Å². The van der Waals surface area contributed by atoms with E-state index in [2.05, 4.69) is 63.5 Å². The number of likely N-dealkylation sites (N-methyl/N-ethyl adjacent to an activating group) is 3. The Balaban J connectivity index is 1.23. The van der Waals surface area contributed by atoms with Crippen molar-refractivity contribution in [3.05, 3.63) is 108 Å². The summed E-state index contributed by atoms with van der Waals surface area (Å²) in [5.41, 5.74) is 24.2. The number of hydrogen-bond acceptors (Lipinski definition) is 23. The number of fused-ring (bicyclic) bond motifs is 4. The second kappa shape index (κ2) is 51.6. The van der Waals surface area contributed by atoms with Gasteiger partial charge in [-0.15, -0.1) is 0 Å². The van der Waals surface area contributed by atoms with E-state index in [1.165, 1.54) is 50.1 Å². The summed E-state index contributed by atoms with van der Waals surface area (Å²) in [7, 11) is 3.67. The Morgan fingerprint density at radius 1 is 0.511 bits per heavy atom. The van der Waals surface area contributed by atoms with Crippen molar-refractivity contribution in [2.45, 2.75) is 254 Å². The fraction of sp³-hybridized carbons (Fsp3) is 0.533. The number of amides is 19. The standard InChI is InChI=1S/C92H127FN22O24/c1-9-11-21-68-85(132)105-60(34-48(3)4)82(129)109-66(80(127)100-43-75(97)120)42-98-44-76(121)101-63(35-50-25-27-53(93)28-26-50)88(135)110(6)49(5)79(126)107-65(40-77(122)123)91(138)114-33-17-24-69(114)86(133)102-58(29-31-72(94)117)81(128)103-59(30-32-73(95)118)90(137)115-46-54(116)38-71(115)87(134)106-61(36-51-41-99-57-20-15-13-18-55(51)57)83(130)104-62(39-74(96)119)84(131)108-64(89(136)112(8)70(22-12-10-2)92(139)111(68)7)37-52-45-113(47-78(124)125)67-23-16-14-19-56(52)67/h13-16,18-20,23,25-28,41,45,48-49,54,58-66,68-71,98-99,116H,9-12,17,21-22,24,29-40,42-44,46-47H2,1-8H3,(H2,94,117)(H2,95,118)(H2,96,119)(H2,97,120)(H,100,127)(H,101,121)(H,102,133)(H,103,128)(H,104,130)(H,105,132)(H,106,134)(H,107,126)(H,108,131)(H,109,129)(H,122,123)(H,124,125)/t49-,54+,58-,59-,60-,61-,62-,63-,64-,65-,66-,68-,69-,70-,71-/m0/s1. The van der Waals surface area contributed by atoms with E-state index in [9.17, 15) is 86.8 Å². The number of aliphatic hydroxyl groups is 1. The number of aliphatic carboxylic acids is 2. The van der Waals surface area contributed by atoms with Gasteiger partial charge in [-0.1, -0.05) is 102 Å². The first-order chi connectivity index (χ1) is 65.8. The third-order valence-electron chi connectivity index (χ3n) is 24.5. The highest BCUT2D eigenvalue weighted by Gasteiger charge is 2.47. The van der Waals surface area contributed by atoms with Crippen LogP contribution in [0.25, 0.3) is 21.8 Å². The zero-order valence-corrected chi connectivity index (χ0v) is 78.8. The molecule has 0 aliphatic carbocycles. The van der Waals surface area contributed by atoms with E-state index in [-0.39, 0.29) is 62.6 Å². The Morgan fingerprint density at radius 3 is 1.68 bits per heavy atom. The molecule has 5 aromatic rings. The van der Waals surface area contributed by atoms with Crippen LogP contribution >= 0.6 is 0 Å². The number of carbonyl (C=O) groups excluding carboxylic acids is 19. The van der Waals surface area contributed by atoms with Crippen LogP contribution in [0.4, 0.5) is 4.39 Å². The lowest BCUT2D eigenvalue weighted by atomic mass is 9.99. The van der Waals surface area contributed by atoms with Crippen molar-refractivity contribution < 1.29 is 120 Å². The highest BCUT2D eigenvalue weighted by molar-refractivity contribution is 6.03. The Labute approximate surface area is 799 Å². The molecule has 0 saturated carbocycles. The van der Waals surface area contributed by atoms with E-state index in [1.54, 1.807) is 76.2 Å². The predicted molar refractivity (Wildman–Crippen MR) is 495 cm³/mol. The van der Waals surface area contributed by atoms with Crippen molar-refractivity contribution in [1.82, 2.24) is 92.5 Å². The molecule has 8 rings (SSSR count). The summed E-state index contributed by atoms with van der Waals surface area (Å²) in [6.07, 6.45) is -4.24. The van der Waals surface area contributed by atoms with Crippen LogP contribution in [0.1, 0.15) is 154 Å². The van der Waals surface area contributed by atoms with Gasteiger partial charge in [0.2, 0.25) is 112 Å². The van der Waals surface area contributed by atoms with E-state index in [4.69, 9.17) is 22.9 Å². The first-order valence-electron chi connectivity index (χ1n) is 46.0. The zero-order chi connectivity index (χ0) is 103. The van der Waals surface area contributed by atoms with Gasteiger partial charge in [0.05, 0.1) is 32.0 Å². The Kier molecular flexibility index (Phi) is 40.7. The average molecular weight is 1940 g/mol. The highest BCUT2D eigenvalue weighted by Crippen LogP contribution is 2.29. The summed E-state index contributed by atoms with van der Waals surface area (Å²) in [6, 6.07) is -6.37. The SMILES string of the molecule is CCCC[C@H]1C(=O)N(C)[C@@H](CCCC)C(=O)N[C@@H](CC(C)C)C(=O)N[C@H](C(=O)NCC(N)=O)CNCC(=O)N[C@@H](Cc2ccc(F)cc2)C(=O)N(C)[C@@H](C)C(=O)N[C@@H](CC(=O)O)C(=O)N2CCC[C@H]2C(=O)N[C@@H](CCC(N)=O)C(=O)N[C@@H](CCC(N)=O)C(=O)N2C[C@H](O)C[C@H]2C(=O)N[C@@H](Cc2c[nH]c3ccccc23)C(=O)N[C@@H](CC(N)=O)C(=O)N[C@@H](Cc2cn(CC(=O)O)c3ccccc23)C(=O)N1C. The summed E-state index contributed by atoms with van der Waals surface area (Å²) in [4.78, 5) is 309. The smallest absolute Gasteiger partial charge is 0.323 e. The average Bonchev–Trinajstić information content (AvgIpc) is 1.60. The summed E-state index contributed by atoms with van der Waals surface area (Å²) < 4.78 is 15.8. The van der Waals surface area contributed by atoms with E-state index in [1.807, 2.05) is 0 Å². The van der Waals surface area contributed by atoms with Crippen LogP contribution in [0.2, 0.25) is 0 Å². The molecular formula is C92H127FN22O24. The van der Waals surface area contributed by atoms with E-state index in [0.717, 1.165) is 43.7 Å². The number of aromatic amines is 1. The fourth-order valence-corrected chi connectivity index (χ4v) is 17.0. The number of para-hydroxylation sites is 2. The molecule has 23 N–H and O–H groups in total. The first kappa shape index (κ1) is 110. The van der Waals surface area contributed by atoms with Crippen molar-refractivity contribution in [3.63, 3.8) is 0 Å². The van der Waals surface area contributed by atoms with Gasteiger partial charge in [-0.2, -0.15) is 0 Å². The second-order valence-electron chi connectivity index (χ2n) is 35.5. The number of rotatable bonds is 29. The molecule has 46 nitrogen and oxygen atoms in total. The molecule has 0 spiro atoms. The Morgan fingerprint density at radius 2 is 1.05 bits per heavy atom. The zero-order valence-electron chi connectivity index (χ0n) is 78.8. The van der Waals surface area contributed by atoms with Crippen LogP contribution in [0.5, 0.6) is 0 Å². The number of nitrogens with zero attached hydrogens (tertiary/aromatic N) is 6. The number of H-pyrrole nitrogens is 1. The maximum Gasteiger partial charge on any atom is 0.323 e. The number of carbonyl (C=O) groups is 21. The lowest BCUT2D eigenvalue weighted by Gasteiger charge is -2.36. The van der Waals surface area contributed by atoms with Crippen molar-refractivity contribution >= 4 is 146 Å². The quantitative estimate of drug-likeness (QED) is 0.0215. The number of benzene rings is 3. The van der Waals surface area contributed by atoms with Crippen LogP contribution in [0, 0.1) is 11.7 Å². The fourth-order valence-electron chi connectivity index (χ4n) is 17.0. The van der Waals surface area contributed by atoms with E-state index >= 15 is 33.6 Å². The summed E-state index contributed by atoms with van der Waals surface area (Å²) >= 11 is 0. The lowest BCUT2D eigenvalue weighted by molar-refractivity contribution is -0.149. The van der Waals surface area contributed by atoms with Crippen molar-refractivity contribution in [2.24, 2.45) is 28.9 Å². The number of primary amides is 4. The second-order valence-corrected chi connectivity index (χ2v) is 35.5. The molecule has 2 aromatic heterocycles. The van der Waals surface area contributed by atoms with E-state index in [0.29, 0.717) is 40.2 Å². The Hall–Kier alpha value is -14.5. The number of carboxylic acid groups (broad SMARTS) is 2. The molecule has 3 aliphatic heterocycles. The van der Waals surface area contributed by atoms with Crippen LogP contribution in [0.3, 0.4) is 0 Å². The van der Waals surface area contributed by atoms with Crippen molar-refractivity contribution in [1.29, 1.82) is 0 Å². The summed E-state index contributed by atoms with van der Waals surface area (Å²) in [6.45, 7) is 4.49. The maximum atomic E-state index is 16.0. The molecule has 15 atom stereocenters. The van der Waals surface area contributed by atoms with Gasteiger partial charge in [-0.25, -0.2) is 4.39 Å². The molecule has 3 aromatic carbocycles. The summed E-state index contributed by atoms with van der Waals surface area (Å²) in [5.74, 6) is -24.5. The minimum atomic E-state index is -2.06. The summed E-state index contributed by atoms with van der Waals surface area (Å²) in [5, 5.41) is 60.6. The molecule has 3 fully saturated rings. The predicted octanol–water partition coefficient (Wildman–Crippen LogP) is -4.30. The Bertz CT molecular complexity index is 5360. The molecule has 0 unspecified atom stereocenters. The molecule has 5 heterocycles. The molecular weight excluding hydrogens is 1820 g/mol. The number of carboxylic acids is 2. The molecule has 19 amide bonds. The van der Waals surface area contributed by atoms with Crippen LogP contribution in [-0.2, 0) is 126 Å². The number of unbranched alkanes of at least 4 members (excludes halogenated alkanes) is 2. The molecule has 139 heavy (non-hydrogen) atoms. The minimum absolute atomic E-state index is 0.0466. The third kappa shape index (κ3) is 31.2. The molecule has 0 bridgehead atoms. The van der Waals surface area contributed by atoms with Crippen molar-refractivity contribution in [2.75, 3.05) is 53.9 Å². The normalized spacial score (nSPS) is 24.3. The molecule has 3 saturated heterocycles. The monoisotopic (exact) mass is 1940 g/mol. The molecule has 0 radical (unpaired) electrons. The van der Waals surface area contributed by atoms with Gasteiger partial charge in [-0.3, -0.25) is 101 Å². The highest BCUT2D eigenvalue weighted by atomic mass is 19.1. The van der Waals surface area contributed by atoms with Gasteiger partial charge in [0, 0.05) is 114 Å². The number of aromatic nitrogens is 2. The van der Waals surface area contributed by atoms with E-state index < -0.39 is 324 Å². The van der Waals surface area contributed by atoms with Gasteiger partial charge in [0.1, 0.15) is 96.9 Å². The third-order valence-corrected chi connectivity index (χ3v) is 24.5. The molecule has 47 heteroatoms. The number of halogens is 1. The van der Waals surface area contributed by atoms with Crippen molar-refractivity contribution in [3.8, 4) is 0 Å². The van der Waals surface area contributed by atoms with Gasteiger partial charge in [-0.05, 0) is 98.7 Å². The number of nitrogens with one attached hydrogen (secondary N) is 12. The largest absolute Gasteiger partial charge is 0.481 e.